The highest BCUT2D eigenvalue weighted by atomic mass is 16.5. The highest BCUT2D eigenvalue weighted by molar-refractivity contribution is 5.93. The minimum Gasteiger partial charge on any atom is -0.487 e. The number of amides is 1. The summed E-state index contributed by atoms with van der Waals surface area (Å²) in [7, 11) is 1.68. The summed E-state index contributed by atoms with van der Waals surface area (Å²) in [5.41, 5.74) is 1.40. The molecule has 1 aromatic rings. The first-order chi connectivity index (χ1) is 14.0. The van der Waals surface area contributed by atoms with E-state index in [2.05, 4.69) is 36.3 Å². The first kappa shape index (κ1) is 19.5. The largest absolute Gasteiger partial charge is 0.487 e. The number of fused-ring (bicyclic) bond motifs is 1. The molecular weight excluding hydrogens is 370 g/mol. The van der Waals surface area contributed by atoms with Crippen LogP contribution in [0, 0.1) is 0 Å². The Balaban J connectivity index is 1.45. The molecule has 0 spiro atoms. The molecule has 1 fully saturated rings. The molecule has 1 aliphatic carbocycles. The van der Waals surface area contributed by atoms with Crippen LogP contribution in [0.15, 0.2) is 33.3 Å². The molecule has 0 radical (unpaired) electrons. The van der Waals surface area contributed by atoms with E-state index in [1.54, 1.807) is 18.2 Å². The minimum atomic E-state index is -0.355. The fourth-order valence-corrected chi connectivity index (χ4v) is 4.01. The van der Waals surface area contributed by atoms with Crippen molar-refractivity contribution in [2.45, 2.75) is 58.2 Å². The number of aliphatic imine (C=N–C) groups is 1. The monoisotopic (exact) mass is 399 g/mol. The van der Waals surface area contributed by atoms with Crippen LogP contribution in [-0.4, -0.2) is 51.6 Å². The molecule has 0 bridgehead atoms. The number of anilines is 1. The summed E-state index contributed by atoms with van der Waals surface area (Å²) >= 11 is 0. The third kappa shape index (κ3) is 3.52. The zero-order valence-electron chi connectivity index (χ0n) is 17.4. The third-order valence-electron chi connectivity index (χ3n) is 5.73. The van der Waals surface area contributed by atoms with E-state index in [-0.39, 0.29) is 24.0 Å². The second-order valence-corrected chi connectivity index (χ2v) is 7.79. The molecule has 1 atom stereocenters. The summed E-state index contributed by atoms with van der Waals surface area (Å²) in [5, 5.41) is 3.27. The quantitative estimate of drug-likeness (QED) is 0.826. The van der Waals surface area contributed by atoms with Gasteiger partial charge in [-0.05, 0) is 37.3 Å². The fourth-order valence-electron chi connectivity index (χ4n) is 4.01. The molecule has 0 saturated carbocycles. The van der Waals surface area contributed by atoms with Gasteiger partial charge in [0.15, 0.2) is 0 Å². The number of hydrogen-bond acceptors (Lipinski definition) is 5. The molecule has 0 aromatic carbocycles. The maximum absolute atomic E-state index is 13.0. The molecule has 2 aliphatic heterocycles. The summed E-state index contributed by atoms with van der Waals surface area (Å²) in [6.07, 6.45) is 10.8. The number of carbonyl (C=O) groups is 1. The van der Waals surface area contributed by atoms with E-state index >= 15 is 0 Å². The van der Waals surface area contributed by atoms with Gasteiger partial charge in [-0.2, -0.15) is 0 Å². The van der Waals surface area contributed by atoms with Crippen LogP contribution in [0.4, 0.5) is 10.6 Å². The van der Waals surface area contributed by atoms with Crippen LogP contribution in [-0.2, 0) is 11.8 Å². The molecule has 1 N–H and O–H groups in total. The second-order valence-electron chi connectivity index (χ2n) is 7.79. The van der Waals surface area contributed by atoms with Crippen LogP contribution in [0.5, 0.6) is 0 Å². The molecular formula is C21H29N5O3. The third-order valence-corrected chi connectivity index (χ3v) is 5.73. The number of nitrogens with zero attached hydrogens (tertiary/aromatic N) is 4. The number of rotatable bonds is 5. The van der Waals surface area contributed by atoms with Gasteiger partial charge in [0.05, 0.1) is 19.3 Å². The van der Waals surface area contributed by atoms with Crippen molar-refractivity contribution in [2.75, 3.05) is 18.4 Å². The number of imidazole rings is 1. The first-order valence-electron chi connectivity index (χ1n) is 10.5. The van der Waals surface area contributed by atoms with Crippen molar-refractivity contribution in [3.63, 3.8) is 0 Å². The Hall–Kier alpha value is -2.77. The lowest BCUT2D eigenvalue weighted by atomic mass is 10.0. The van der Waals surface area contributed by atoms with Gasteiger partial charge in [0.25, 0.3) is 0 Å². The van der Waals surface area contributed by atoms with Gasteiger partial charge in [-0.25, -0.2) is 14.2 Å². The smallest absolute Gasteiger partial charge is 0.338 e. The van der Waals surface area contributed by atoms with Gasteiger partial charge in [-0.3, -0.25) is 9.56 Å². The Bertz CT molecular complexity index is 946. The number of ether oxygens (including phenoxy) is 1. The summed E-state index contributed by atoms with van der Waals surface area (Å²) < 4.78 is 8.80. The molecule has 4 rings (SSSR count). The molecule has 8 nitrogen and oxygen atoms in total. The summed E-state index contributed by atoms with van der Waals surface area (Å²) in [6.45, 7) is 5.17. The van der Waals surface area contributed by atoms with E-state index in [1.807, 2.05) is 0 Å². The number of allylic oxidation sites excluding steroid dienone is 3. The first-order valence-corrected chi connectivity index (χ1v) is 10.5. The Morgan fingerprint density at radius 2 is 2.03 bits per heavy atom. The van der Waals surface area contributed by atoms with Gasteiger partial charge in [-0.15, -0.1) is 0 Å². The topological polar surface area (TPSA) is 80.9 Å². The van der Waals surface area contributed by atoms with Crippen LogP contribution in [0.3, 0.4) is 0 Å². The second kappa shape index (κ2) is 7.93. The lowest BCUT2D eigenvalue weighted by Crippen LogP contribution is -2.57. The predicted octanol–water partition coefficient (Wildman–Crippen LogP) is 2.84. The van der Waals surface area contributed by atoms with Crippen LogP contribution in [0.1, 0.15) is 51.6 Å². The van der Waals surface area contributed by atoms with Gasteiger partial charge >= 0.3 is 11.7 Å². The lowest BCUT2D eigenvalue weighted by molar-refractivity contribution is 0.00265. The van der Waals surface area contributed by atoms with E-state index in [0.29, 0.717) is 24.6 Å². The van der Waals surface area contributed by atoms with Crippen molar-refractivity contribution in [2.24, 2.45) is 12.0 Å². The fraction of sp³-hybridized carbons (Fsp3) is 0.571. The van der Waals surface area contributed by atoms with E-state index in [1.165, 1.54) is 14.7 Å². The van der Waals surface area contributed by atoms with Crippen LogP contribution in [0.2, 0.25) is 0 Å². The normalized spacial score (nSPS) is 21.1. The number of likely N-dealkylation sites (tertiary alicyclic amines) is 1. The van der Waals surface area contributed by atoms with Crippen LogP contribution < -0.4 is 11.0 Å². The van der Waals surface area contributed by atoms with E-state index in [0.717, 1.165) is 37.9 Å². The maximum atomic E-state index is 13.0. The van der Waals surface area contributed by atoms with Crippen molar-refractivity contribution < 1.29 is 9.53 Å². The zero-order chi connectivity index (χ0) is 20.5. The molecule has 1 amide bonds. The van der Waals surface area contributed by atoms with Gasteiger partial charge in [0.2, 0.25) is 0 Å². The molecule has 8 heteroatoms. The van der Waals surface area contributed by atoms with Crippen molar-refractivity contribution in [3.8, 4) is 0 Å². The van der Waals surface area contributed by atoms with E-state index < -0.39 is 0 Å². The number of carbonyl (C=O) groups excluding carboxylic acids is 1. The van der Waals surface area contributed by atoms with Crippen molar-refractivity contribution in [1.82, 2.24) is 14.0 Å². The Morgan fingerprint density at radius 1 is 1.28 bits per heavy atom. The summed E-state index contributed by atoms with van der Waals surface area (Å²) in [6, 6.07) is -0.322. The SMILES string of the molecule is CCCC1N=Cc2c(n(C)c(=O)n2C(=O)N2CC(OC3=CCCC=C3CC)C2)N1. The van der Waals surface area contributed by atoms with Gasteiger partial charge < -0.3 is 15.0 Å². The highest BCUT2D eigenvalue weighted by Gasteiger charge is 2.37. The Labute approximate surface area is 170 Å². The van der Waals surface area contributed by atoms with Crippen LogP contribution >= 0.6 is 0 Å². The molecule has 3 heterocycles. The number of hydrogen-bond donors (Lipinski definition) is 1. The average Bonchev–Trinajstić information content (AvgIpc) is 2.95. The Morgan fingerprint density at radius 3 is 2.76 bits per heavy atom. The van der Waals surface area contributed by atoms with Gasteiger partial charge in [-0.1, -0.05) is 26.3 Å². The van der Waals surface area contributed by atoms with Crippen molar-refractivity contribution in [3.05, 3.63) is 39.7 Å². The minimum absolute atomic E-state index is 0.0331. The van der Waals surface area contributed by atoms with Crippen molar-refractivity contribution >= 4 is 18.1 Å². The summed E-state index contributed by atoms with van der Waals surface area (Å²) in [4.78, 5) is 31.8. The molecule has 3 aliphatic rings. The maximum Gasteiger partial charge on any atom is 0.338 e. The molecule has 1 saturated heterocycles. The van der Waals surface area contributed by atoms with E-state index in [4.69, 9.17) is 4.74 Å². The van der Waals surface area contributed by atoms with Gasteiger partial charge in [0, 0.05) is 7.05 Å². The van der Waals surface area contributed by atoms with Crippen molar-refractivity contribution in [1.29, 1.82) is 0 Å². The molecule has 1 aromatic heterocycles. The van der Waals surface area contributed by atoms with E-state index in [9.17, 15) is 9.59 Å². The highest BCUT2D eigenvalue weighted by Crippen LogP contribution is 2.27. The number of aromatic nitrogens is 2. The number of nitrogens with one attached hydrogen (secondary N) is 1. The van der Waals surface area contributed by atoms with Gasteiger partial charge in [0.1, 0.15) is 29.5 Å². The molecule has 156 valence electrons. The zero-order valence-corrected chi connectivity index (χ0v) is 17.4. The van der Waals surface area contributed by atoms with Crippen LogP contribution in [0.25, 0.3) is 0 Å². The Kier molecular flexibility index (Phi) is 5.34. The molecule has 29 heavy (non-hydrogen) atoms. The standard InChI is InChI=1S/C21H29N5O3/c1-4-8-18-22-11-16-19(23-18)24(3)20(27)26(16)21(28)25-12-15(13-25)29-17-10-7-6-9-14(17)5-2/h9-11,15,18,23H,4-8,12-13H2,1-3H3. The predicted molar refractivity (Wildman–Crippen MR) is 113 cm³/mol. The summed E-state index contributed by atoms with van der Waals surface area (Å²) in [5.74, 6) is 1.60. The lowest BCUT2D eigenvalue weighted by Gasteiger charge is -2.39. The molecule has 1 unspecified atom stereocenters. The average molecular weight is 399 g/mol.